The van der Waals surface area contributed by atoms with Crippen LogP contribution >= 0.6 is 11.6 Å². The number of hydrogen-bond donors (Lipinski definition) is 1. The fraction of sp³-hybridized carbons (Fsp3) is 0.625. The van der Waals surface area contributed by atoms with Gasteiger partial charge in [0, 0.05) is 5.88 Å². The standard InChI is InChI=1S/C8H12ClNO2/c1-5(4-9)3-7-6(2)12-8(11)10-7/h6-7H,1,3-4H2,2H3,(H,10,11)/t6-,7-/m0/s1. The maximum Gasteiger partial charge on any atom is 0.407 e. The summed E-state index contributed by atoms with van der Waals surface area (Å²) in [7, 11) is 0. The van der Waals surface area contributed by atoms with E-state index >= 15 is 0 Å². The summed E-state index contributed by atoms with van der Waals surface area (Å²) >= 11 is 5.56. The first-order chi connectivity index (χ1) is 5.63. The summed E-state index contributed by atoms with van der Waals surface area (Å²) in [6, 6.07) is 0.0312. The van der Waals surface area contributed by atoms with Crippen LogP contribution in [0.5, 0.6) is 0 Å². The smallest absolute Gasteiger partial charge is 0.407 e. The lowest BCUT2D eigenvalue weighted by molar-refractivity contribution is 0.141. The van der Waals surface area contributed by atoms with E-state index in [1.807, 2.05) is 6.92 Å². The molecule has 3 nitrogen and oxygen atoms in total. The van der Waals surface area contributed by atoms with E-state index in [1.165, 1.54) is 0 Å². The third kappa shape index (κ3) is 2.14. The molecule has 0 saturated carbocycles. The van der Waals surface area contributed by atoms with Crippen LogP contribution in [0.25, 0.3) is 0 Å². The van der Waals surface area contributed by atoms with Gasteiger partial charge in [0.15, 0.2) is 0 Å². The van der Waals surface area contributed by atoms with E-state index in [0.29, 0.717) is 12.3 Å². The van der Waals surface area contributed by atoms with Crippen LogP contribution in [0.2, 0.25) is 0 Å². The van der Waals surface area contributed by atoms with Crippen molar-refractivity contribution in [2.45, 2.75) is 25.5 Å². The number of carbonyl (C=O) groups is 1. The molecular weight excluding hydrogens is 178 g/mol. The summed E-state index contributed by atoms with van der Waals surface area (Å²) in [6.07, 6.45) is 0.253. The normalized spacial score (nSPS) is 28.0. The second-order valence-corrected chi connectivity index (χ2v) is 3.22. The van der Waals surface area contributed by atoms with Gasteiger partial charge in [-0.25, -0.2) is 4.79 Å². The van der Waals surface area contributed by atoms with Gasteiger partial charge >= 0.3 is 6.09 Å². The van der Waals surface area contributed by atoms with E-state index in [9.17, 15) is 4.79 Å². The van der Waals surface area contributed by atoms with E-state index in [4.69, 9.17) is 16.3 Å². The second-order valence-electron chi connectivity index (χ2n) is 2.95. The number of halogens is 1. The lowest BCUT2D eigenvalue weighted by atomic mass is 10.1. The van der Waals surface area contributed by atoms with Gasteiger partial charge in [0.1, 0.15) is 6.10 Å². The van der Waals surface area contributed by atoms with Gasteiger partial charge in [0.25, 0.3) is 0 Å². The predicted molar refractivity (Wildman–Crippen MR) is 47.3 cm³/mol. The zero-order chi connectivity index (χ0) is 9.14. The Hall–Kier alpha value is -0.700. The number of hydrogen-bond acceptors (Lipinski definition) is 2. The van der Waals surface area contributed by atoms with Crippen molar-refractivity contribution in [2.24, 2.45) is 0 Å². The van der Waals surface area contributed by atoms with Crippen molar-refractivity contribution in [3.05, 3.63) is 12.2 Å². The number of cyclic esters (lactones) is 1. The number of ether oxygens (including phenoxy) is 1. The lowest BCUT2D eigenvalue weighted by Gasteiger charge is -2.12. The summed E-state index contributed by atoms with van der Waals surface area (Å²) in [6.45, 7) is 5.61. The Morgan fingerprint density at radius 2 is 2.50 bits per heavy atom. The third-order valence-corrected chi connectivity index (χ3v) is 2.24. The molecule has 0 aromatic rings. The number of nitrogens with one attached hydrogen (secondary N) is 1. The highest BCUT2D eigenvalue weighted by atomic mass is 35.5. The molecule has 0 aromatic carbocycles. The molecule has 12 heavy (non-hydrogen) atoms. The van der Waals surface area contributed by atoms with Gasteiger partial charge in [-0.2, -0.15) is 0 Å². The van der Waals surface area contributed by atoms with E-state index < -0.39 is 0 Å². The molecule has 0 aliphatic carbocycles. The molecule has 1 saturated heterocycles. The van der Waals surface area contributed by atoms with Crippen LogP contribution in [-0.2, 0) is 4.74 Å². The molecule has 4 heteroatoms. The van der Waals surface area contributed by atoms with Crippen LogP contribution in [0, 0.1) is 0 Å². The van der Waals surface area contributed by atoms with Crippen molar-refractivity contribution >= 4 is 17.7 Å². The fourth-order valence-electron chi connectivity index (χ4n) is 1.14. The van der Waals surface area contributed by atoms with Crippen molar-refractivity contribution in [1.29, 1.82) is 0 Å². The molecule has 1 aliphatic heterocycles. The highest BCUT2D eigenvalue weighted by Gasteiger charge is 2.30. The minimum absolute atomic E-state index is 0.0312. The first-order valence-electron chi connectivity index (χ1n) is 3.83. The van der Waals surface area contributed by atoms with Gasteiger partial charge in [-0.1, -0.05) is 12.2 Å². The largest absolute Gasteiger partial charge is 0.444 e. The molecule has 2 atom stereocenters. The summed E-state index contributed by atoms with van der Waals surface area (Å²) in [4.78, 5) is 10.7. The Balaban J connectivity index is 2.42. The minimum Gasteiger partial charge on any atom is -0.444 e. The van der Waals surface area contributed by atoms with E-state index in [2.05, 4.69) is 11.9 Å². The number of amides is 1. The van der Waals surface area contributed by atoms with Crippen LogP contribution in [0.3, 0.4) is 0 Å². The number of alkyl carbamates (subject to hydrolysis) is 1. The van der Waals surface area contributed by atoms with Gasteiger partial charge in [0.2, 0.25) is 0 Å². The zero-order valence-electron chi connectivity index (χ0n) is 6.97. The molecule has 1 fully saturated rings. The molecule has 0 unspecified atom stereocenters. The van der Waals surface area contributed by atoms with Gasteiger partial charge in [0.05, 0.1) is 6.04 Å². The molecule has 1 rings (SSSR count). The van der Waals surface area contributed by atoms with Crippen molar-refractivity contribution in [2.75, 3.05) is 5.88 Å². The number of carbonyl (C=O) groups excluding carboxylic acids is 1. The van der Waals surface area contributed by atoms with Crippen molar-refractivity contribution in [3.8, 4) is 0 Å². The molecule has 0 radical (unpaired) electrons. The molecule has 0 bridgehead atoms. The minimum atomic E-state index is -0.352. The highest BCUT2D eigenvalue weighted by Crippen LogP contribution is 2.15. The van der Waals surface area contributed by atoms with E-state index in [-0.39, 0.29) is 18.2 Å². The van der Waals surface area contributed by atoms with E-state index in [1.54, 1.807) is 0 Å². The average Bonchev–Trinajstić information content (AvgIpc) is 2.30. The summed E-state index contributed by atoms with van der Waals surface area (Å²) in [5, 5.41) is 2.69. The van der Waals surface area contributed by atoms with E-state index in [0.717, 1.165) is 5.57 Å². The molecule has 1 amide bonds. The van der Waals surface area contributed by atoms with Gasteiger partial charge in [-0.15, -0.1) is 11.6 Å². The second kappa shape index (κ2) is 3.81. The predicted octanol–water partition coefficient (Wildman–Crippen LogP) is 1.67. The fourth-order valence-corrected chi connectivity index (χ4v) is 1.25. The van der Waals surface area contributed by atoms with Gasteiger partial charge in [-0.3, -0.25) is 0 Å². The first kappa shape index (κ1) is 9.39. The molecule has 1 aliphatic rings. The summed E-state index contributed by atoms with van der Waals surface area (Å²) in [5.41, 5.74) is 0.916. The quantitative estimate of drug-likeness (QED) is 0.542. The van der Waals surface area contributed by atoms with Crippen molar-refractivity contribution < 1.29 is 9.53 Å². The molecular formula is C8H12ClNO2. The maximum absolute atomic E-state index is 10.7. The topological polar surface area (TPSA) is 38.3 Å². The molecule has 1 N–H and O–H groups in total. The summed E-state index contributed by atoms with van der Waals surface area (Å²) in [5.74, 6) is 0.430. The van der Waals surface area contributed by atoms with Gasteiger partial charge in [-0.05, 0) is 13.3 Å². The highest BCUT2D eigenvalue weighted by molar-refractivity contribution is 6.19. The zero-order valence-corrected chi connectivity index (χ0v) is 7.73. The van der Waals surface area contributed by atoms with Gasteiger partial charge < -0.3 is 10.1 Å². The molecule has 0 spiro atoms. The first-order valence-corrected chi connectivity index (χ1v) is 4.36. The maximum atomic E-state index is 10.7. The van der Waals surface area contributed by atoms with Crippen LogP contribution in [0.15, 0.2) is 12.2 Å². The van der Waals surface area contributed by atoms with Crippen LogP contribution in [-0.4, -0.2) is 24.1 Å². The Labute approximate surface area is 76.7 Å². The van der Waals surface area contributed by atoms with Crippen LogP contribution in [0.4, 0.5) is 4.79 Å². The Morgan fingerprint density at radius 1 is 1.83 bits per heavy atom. The molecule has 0 aromatic heterocycles. The Morgan fingerprint density at radius 3 is 2.92 bits per heavy atom. The van der Waals surface area contributed by atoms with Crippen molar-refractivity contribution in [1.82, 2.24) is 5.32 Å². The number of alkyl halides is 1. The molecule has 1 heterocycles. The average molecular weight is 190 g/mol. The Bertz CT molecular complexity index is 205. The molecule has 68 valence electrons. The SMILES string of the molecule is C=C(CCl)C[C@@H]1NC(=O)O[C@H]1C. The summed E-state index contributed by atoms with van der Waals surface area (Å²) < 4.78 is 4.88. The van der Waals surface area contributed by atoms with Crippen LogP contribution in [0.1, 0.15) is 13.3 Å². The lowest BCUT2D eigenvalue weighted by Crippen LogP contribution is -2.30. The van der Waals surface area contributed by atoms with Crippen LogP contribution < -0.4 is 5.32 Å². The third-order valence-electron chi connectivity index (χ3n) is 1.86. The number of rotatable bonds is 3. The van der Waals surface area contributed by atoms with Crippen molar-refractivity contribution in [3.63, 3.8) is 0 Å². The Kier molecular flexibility index (Phi) is 2.98. The monoisotopic (exact) mass is 189 g/mol.